The van der Waals surface area contributed by atoms with Crippen LogP contribution in [-0.2, 0) is 11.3 Å². The van der Waals surface area contributed by atoms with Crippen molar-refractivity contribution in [2.45, 2.75) is 37.5 Å². The Hall–Kier alpha value is -2.09. The number of carbonyl (C=O) groups is 1. The van der Waals surface area contributed by atoms with Crippen molar-refractivity contribution in [3.8, 4) is 5.75 Å². The Morgan fingerprint density at radius 1 is 1.17 bits per heavy atom. The van der Waals surface area contributed by atoms with Crippen LogP contribution in [0.3, 0.4) is 0 Å². The quantitative estimate of drug-likeness (QED) is 0.581. The molecule has 4 rings (SSSR count). The molecule has 2 aromatic rings. The minimum atomic E-state index is -0.675. The molecule has 2 fully saturated rings. The predicted molar refractivity (Wildman–Crippen MR) is 120 cm³/mol. The average Bonchev–Trinajstić information content (AvgIpc) is 3.37. The van der Waals surface area contributed by atoms with Crippen LogP contribution in [0.1, 0.15) is 29.9 Å². The molecular formula is C23H28BrN3O3. The van der Waals surface area contributed by atoms with Crippen LogP contribution in [-0.4, -0.2) is 49.3 Å². The van der Waals surface area contributed by atoms with Gasteiger partial charge >= 0.3 is 6.09 Å². The molecule has 2 aromatic carbocycles. The number of benzene rings is 2. The van der Waals surface area contributed by atoms with E-state index in [1.165, 1.54) is 12.0 Å². The first-order valence-corrected chi connectivity index (χ1v) is 11.2. The number of carbonyl (C=O) groups excluding carboxylic acids is 1. The van der Waals surface area contributed by atoms with E-state index in [2.05, 4.69) is 62.5 Å². The van der Waals surface area contributed by atoms with Gasteiger partial charge in [-0.15, -0.1) is 0 Å². The Morgan fingerprint density at radius 3 is 2.67 bits per heavy atom. The fourth-order valence-electron chi connectivity index (χ4n) is 4.02. The van der Waals surface area contributed by atoms with E-state index in [4.69, 9.17) is 15.2 Å². The van der Waals surface area contributed by atoms with Crippen molar-refractivity contribution < 1.29 is 14.3 Å². The van der Waals surface area contributed by atoms with E-state index >= 15 is 0 Å². The number of primary amides is 1. The molecule has 1 saturated heterocycles. The van der Waals surface area contributed by atoms with Crippen LogP contribution in [0.4, 0.5) is 4.79 Å². The number of nitrogens with two attached hydrogens (primary N) is 1. The lowest BCUT2D eigenvalue weighted by molar-refractivity contribution is 0.109. The fourth-order valence-corrected chi connectivity index (χ4v) is 4.28. The van der Waals surface area contributed by atoms with E-state index in [0.717, 1.165) is 48.4 Å². The molecule has 0 aromatic heterocycles. The van der Waals surface area contributed by atoms with Crippen molar-refractivity contribution >= 4 is 22.0 Å². The zero-order chi connectivity index (χ0) is 20.9. The van der Waals surface area contributed by atoms with Gasteiger partial charge < -0.3 is 20.5 Å². The summed E-state index contributed by atoms with van der Waals surface area (Å²) in [7, 11) is 0. The lowest BCUT2D eigenvalue weighted by Crippen LogP contribution is -2.33. The normalized spacial score (nSPS) is 23.3. The number of hydrogen-bond acceptors (Lipinski definition) is 5. The summed E-state index contributed by atoms with van der Waals surface area (Å²) < 4.78 is 12.0. The minimum Gasteiger partial charge on any atom is -0.489 e. The number of nitrogens with zero attached hydrogens (tertiary/aromatic N) is 1. The third-order valence-corrected chi connectivity index (χ3v) is 6.29. The van der Waals surface area contributed by atoms with Gasteiger partial charge in [-0.3, -0.25) is 4.90 Å². The number of halogens is 1. The monoisotopic (exact) mass is 473 g/mol. The maximum Gasteiger partial charge on any atom is 0.404 e. The van der Waals surface area contributed by atoms with E-state index in [-0.39, 0.29) is 6.10 Å². The van der Waals surface area contributed by atoms with Crippen molar-refractivity contribution in [2.75, 3.05) is 26.2 Å². The molecule has 6 nitrogen and oxygen atoms in total. The first kappa shape index (κ1) is 21.2. The van der Waals surface area contributed by atoms with Gasteiger partial charge in [0.2, 0.25) is 0 Å². The van der Waals surface area contributed by atoms with Gasteiger partial charge in [-0.1, -0.05) is 40.2 Å². The summed E-state index contributed by atoms with van der Waals surface area (Å²) in [5, 5.41) is 3.64. The van der Waals surface area contributed by atoms with Gasteiger partial charge in [0.05, 0.1) is 0 Å². The zero-order valence-corrected chi connectivity index (χ0v) is 18.5. The molecule has 1 aliphatic heterocycles. The van der Waals surface area contributed by atoms with Gasteiger partial charge in [0, 0.05) is 42.6 Å². The molecule has 3 atom stereocenters. The van der Waals surface area contributed by atoms with Crippen LogP contribution in [0.15, 0.2) is 53.0 Å². The Morgan fingerprint density at radius 2 is 1.93 bits per heavy atom. The van der Waals surface area contributed by atoms with Crippen molar-refractivity contribution in [3.05, 3.63) is 64.1 Å². The van der Waals surface area contributed by atoms with Gasteiger partial charge in [-0.05, 0) is 48.2 Å². The van der Waals surface area contributed by atoms with E-state index < -0.39 is 6.09 Å². The van der Waals surface area contributed by atoms with Crippen LogP contribution in [0.5, 0.6) is 5.75 Å². The standard InChI is InChI=1S/C23H28BrN3O3/c24-18-5-1-16(2-6-18)15-29-19-7-3-17(4-8-19)21-13-22(21)26-10-12-27-11-9-20(14-27)30-23(25)28/h1-8,20-22,26H,9-15H2,(H2,25,28). The highest BCUT2D eigenvalue weighted by molar-refractivity contribution is 9.10. The summed E-state index contributed by atoms with van der Waals surface area (Å²) in [6, 6.07) is 17.2. The summed E-state index contributed by atoms with van der Waals surface area (Å²) in [5.41, 5.74) is 7.61. The van der Waals surface area contributed by atoms with E-state index in [1.54, 1.807) is 0 Å². The van der Waals surface area contributed by atoms with Crippen LogP contribution >= 0.6 is 15.9 Å². The fraction of sp³-hybridized carbons (Fsp3) is 0.435. The predicted octanol–water partition coefficient (Wildman–Crippen LogP) is 3.64. The maximum atomic E-state index is 10.8. The Labute approximate surface area is 185 Å². The molecule has 1 amide bonds. The van der Waals surface area contributed by atoms with E-state index in [9.17, 15) is 4.79 Å². The summed E-state index contributed by atoms with van der Waals surface area (Å²) in [4.78, 5) is 13.2. The number of hydrogen-bond donors (Lipinski definition) is 2. The third kappa shape index (κ3) is 5.97. The Bertz CT molecular complexity index is 844. The second-order valence-electron chi connectivity index (χ2n) is 8.04. The Balaban J connectivity index is 1.15. The molecule has 7 heteroatoms. The van der Waals surface area contributed by atoms with Crippen LogP contribution < -0.4 is 15.8 Å². The van der Waals surface area contributed by atoms with Crippen molar-refractivity contribution in [2.24, 2.45) is 5.73 Å². The van der Waals surface area contributed by atoms with Gasteiger partial charge in [0.1, 0.15) is 18.5 Å². The second kappa shape index (κ2) is 9.81. The highest BCUT2D eigenvalue weighted by atomic mass is 79.9. The third-order valence-electron chi connectivity index (χ3n) is 5.76. The van der Waals surface area contributed by atoms with Gasteiger partial charge in [-0.25, -0.2) is 4.79 Å². The minimum absolute atomic E-state index is 0.0549. The molecule has 1 saturated carbocycles. The second-order valence-corrected chi connectivity index (χ2v) is 8.95. The molecular weight excluding hydrogens is 446 g/mol. The van der Waals surface area contributed by atoms with Crippen molar-refractivity contribution in [3.63, 3.8) is 0 Å². The molecule has 160 valence electrons. The maximum absolute atomic E-state index is 10.8. The molecule has 2 aliphatic rings. The Kier molecular flexibility index (Phi) is 6.92. The number of likely N-dealkylation sites (tertiary alicyclic amines) is 1. The first-order chi connectivity index (χ1) is 14.6. The van der Waals surface area contributed by atoms with Crippen LogP contribution in [0.25, 0.3) is 0 Å². The zero-order valence-electron chi connectivity index (χ0n) is 16.9. The van der Waals surface area contributed by atoms with Crippen molar-refractivity contribution in [1.82, 2.24) is 10.2 Å². The number of ether oxygens (including phenoxy) is 2. The largest absolute Gasteiger partial charge is 0.489 e. The topological polar surface area (TPSA) is 76.8 Å². The first-order valence-electron chi connectivity index (χ1n) is 10.5. The van der Waals surface area contributed by atoms with Gasteiger partial charge in [0.25, 0.3) is 0 Å². The van der Waals surface area contributed by atoms with Gasteiger partial charge in [-0.2, -0.15) is 0 Å². The molecule has 3 unspecified atom stereocenters. The molecule has 1 aliphatic carbocycles. The van der Waals surface area contributed by atoms with Crippen molar-refractivity contribution in [1.29, 1.82) is 0 Å². The van der Waals surface area contributed by atoms with E-state index in [1.807, 2.05) is 12.1 Å². The van der Waals surface area contributed by atoms with Crippen LogP contribution in [0.2, 0.25) is 0 Å². The average molecular weight is 474 g/mol. The molecule has 1 heterocycles. The molecule has 0 radical (unpaired) electrons. The lowest BCUT2D eigenvalue weighted by Gasteiger charge is -2.16. The summed E-state index contributed by atoms with van der Waals surface area (Å²) in [6.45, 7) is 4.21. The van der Waals surface area contributed by atoms with Crippen LogP contribution in [0, 0.1) is 0 Å². The number of rotatable bonds is 9. The number of nitrogens with one attached hydrogen (secondary N) is 1. The molecule has 0 bridgehead atoms. The molecule has 30 heavy (non-hydrogen) atoms. The highest BCUT2D eigenvalue weighted by Gasteiger charge is 2.37. The van der Waals surface area contributed by atoms with E-state index in [0.29, 0.717) is 18.6 Å². The van der Waals surface area contributed by atoms with Gasteiger partial charge in [0.15, 0.2) is 0 Å². The summed E-state index contributed by atoms with van der Waals surface area (Å²) in [6.07, 6.45) is 1.31. The molecule has 3 N–H and O–H groups in total. The summed E-state index contributed by atoms with van der Waals surface area (Å²) in [5.74, 6) is 1.48. The highest BCUT2D eigenvalue weighted by Crippen LogP contribution is 2.41. The summed E-state index contributed by atoms with van der Waals surface area (Å²) >= 11 is 3.45. The smallest absolute Gasteiger partial charge is 0.404 e. The lowest BCUT2D eigenvalue weighted by atomic mass is 10.1. The number of amides is 1. The molecule has 0 spiro atoms. The SMILES string of the molecule is NC(=O)OC1CCN(CCNC2CC2c2ccc(OCc3ccc(Br)cc3)cc2)C1.